The lowest BCUT2D eigenvalue weighted by molar-refractivity contribution is 0.582. The molecule has 0 radical (unpaired) electrons. The fourth-order valence-corrected chi connectivity index (χ4v) is 2.05. The molecule has 0 atom stereocenters. The summed E-state index contributed by atoms with van der Waals surface area (Å²) >= 11 is 11.8. The van der Waals surface area contributed by atoms with Gasteiger partial charge in [-0.25, -0.2) is 4.98 Å². The van der Waals surface area contributed by atoms with E-state index in [9.17, 15) is 0 Å². The van der Waals surface area contributed by atoms with Crippen LogP contribution >= 0.6 is 23.2 Å². The molecule has 90 valence electrons. The lowest BCUT2D eigenvalue weighted by Gasteiger charge is -2.04. The number of hydrogen-bond acceptors (Lipinski definition) is 2. The lowest BCUT2D eigenvalue weighted by Crippen LogP contribution is -1.91. The summed E-state index contributed by atoms with van der Waals surface area (Å²) in [6.07, 6.45) is 3.24. The molecule has 18 heavy (non-hydrogen) atoms. The first-order chi connectivity index (χ1) is 8.75. The van der Waals surface area contributed by atoms with E-state index in [4.69, 9.17) is 27.6 Å². The predicted molar refractivity (Wildman–Crippen MR) is 71.3 cm³/mol. The molecule has 2 heterocycles. The summed E-state index contributed by atoms with van der Waals surface area (Å²) in [6.45, 7) is 0. The molecule has 0 bridgehead atoms. The molecule has 3 rings (SSSR count). The number of nitrogens with zero attached hydrogens (tertiary/aromatic N) is 2. The van der Waals surface area contributed by atoms with Crippen molar-refractivity contribution in [2.45, 2.75) is 0 Å². The minimum atomic E-state index is 0.298. The zero-order valence-electron chi connectivity index (χ0n) is 9.18. The van der Waals surface area contributed by atoms with Crippen LogP contribution in [-0.4, -0.2) is 9.55 Å². The van der Waals surface area contributed by atoms with E-state index >= 15 is 0 Å². The minimum absolute atomic E-state index is 0.298. The van der Waals surface area contributed by atoms with Crippen LogP contribution < -0.4 is 0 Å². The van der Waals surface area contributed by atoms with E-state index in [2.05, 4.69) is 4.98 Å². The highest BCUT2D eigenvalue weighted by molar-refractivity contribution is 6.40. The van der Waals surface area contributed by atoms with Crippen LogP contribution in [0.1, 0.15) is 0 Å². The van der Waals surface area contributed by atoms with Crippen LogP contribution in [0.25, 0.3) is 17.0 Å². The predicted octanol–water partition coefficient (Wildman–Crippen LogP) is 4.44. The van der Waals surface area contributed by atoms with E-state index in [1.807, 2.05) is 36.4 Å². The SMILES string of the molecule is Clc1ncn(-c2ccc(-c3ccco3)cc2)c1Cl. The summed E-state index contributed by atoms with van der Waals surface area (Å²) in [7, 11) is 0. The zero-order valence-corrected chi connectivity index (χ0v) is 10.7. The third-order valence-corrected chi connectivity index (χ3v) is 3.35. The van der Waals surface area contributed by atoms with Crippen molar-refractivity contribution in [2.75, 3.05) is 0 Å². The Bertz CT molecular complexity index is 657. The van der Waals surface area contributed by atoms with Crippen LogP contribution in [0.3, 0.4) is 0 Å². The van der Waals surface area contributed by atoms with Crippen molar-refractivity contribution in [2.24, 2.45) is 0 Å². The second-order valence-corrected chi connectivity index (χ2v) is 4.44. The second-order valence-electron chi connectivity index (χ2n) is 3.72. The molecular formula is C13H8Cl2N2O. The van der Waals surface area contributed by atoms with Crippen molar-refractivity contribution in [3.63, 3.8) is 0 Å². The van der Waals surface area contributed by atoms with Gasteiger partial charge in [0.15, 0.2) is 10.3 Å². The summed E-state index contributed by atoms with van der Waals surface area (Å²) in [4.78, 5) is 3.94. The van der Waals surface area contributed by atoms with Crippen LogP contribution in [0.2, 0.25) is 10.3 Å². The number of benzene rings is 1. The molecule has 5 heteroatoms. The summed E-state index contributed by atoms with van der Waals surface area (Å²) < 4.78 is 7.04. The van der Waals surface area contributed by atoms with E-state index in [0.29, 0.717) is 10.3 Å². The van der Waals surface area contributed by atoms with Crippen molar-refractivity contribution < 1.29 is 4.42 Å². The molecule has 0 saturated carbocycles. The number of furan rings is 1. The van der Waals surface area contributed by atoms with Gasteiger partial charge in [-0.1, -0.05) is 23.2 Å². The standard InChI is InChI=1S/C13H8Cl2N2O/c14-12-13(15)17(8-16-12)10-5-3-9(4-6-10)11-2-1-7-18-11/h1-8H. The first-order valence-corrected chi connectivity index (χ1v) is 6.04. The molecule has 0 aliphatic rings. The Labute approximate surface area is 114 Å². The Balaban J connectivity index is 1.99. The number of halogens is 2. The average Bonchev–Trinajstić information content (AvgIpc) is 3.02. The summed E-state index contributed by atoms with van der Waals surface area (Å²) in [5.74, 6) is 0.830. The first-order valence-electron chi connectivity index (χ1n) is 5.28. The van der Waals surface area contributed by atoms with E-state index < -0.39 is 0 Å². The van der Waals surface area contributed by atoms with Crippen LogP contribution in [-0.2, 0) is 0 Å². The first kappa shape index (κ1) is 11.4. The molecule has 0 aliphatic carbocycles. The maximum Gasteiger partial charge on any atom is 0.166 e. The molecule has 0 amide bonds. The fourth-order valence-electron chi connectivity index (χ4n) is 1.72. The second kappa shape index (κ2) is 4.52. The van der Waals surface area contributed by atoms with E-state index in [0.717, 1.165) is 17.0 Å². The average molecular weight is 279 g/mol. The number of rotatable bonds is 2. The van der Waals surface area contributed by atoms with Gasteiger partial charge in [0, 0.05) is 11.3 Å². The largest absolute Gasteiger partial charge is 0.464 e. The van der Waals surface area contributed by atoms with Crippen LogP contribution in [0.5, 0.6) is 0 Å². The number of aromatic nitrogens is 2. The van der Waals surface area contributed by atoms with E-state index in [-0.39, 0.29) is 0 Å². The zero-order chi connectivity index (χ0) is 12.5. The van der Waals surface area contributed by atoms with Gasteiger partial charge in [0.2, 0.25) is 0 Å². The highest BCUT2D eigenvalue weighted by Gasteiger charge is 2.08. The molecular weight excluding hydrogens is 271 g/mol. The van der Waals surface area contributed by atoms with Gasteiger partial charge >= 0.3 is 0 Å². The van der Waals surface area contributed by atoms with E-state index in [1.54, 1.807) is 17.2 Å². The molecule has 2 aromatic heterocycles. The smallest absolute Gasteiger partial charge is 0.166 e. The molecule has 3 aromatic rings. The molecule has 0 unspecified atom stereocenters. The Kier molecular flexibility index (Phi) is 2.86. The summed E-state index contributed by atoms with van der Waals surface area (Å²) in [5.41, 5.74) is 1.90. The van der Waals surface area contributed by atoms with Gasteiger partial charge in [-0.2, -0.15) is 0 Å². The van der Waals surface area contributed by atoms with Gasteiger partial charge in [-0.3, -0.25) is 4.57 Å². The van der Waals surface area contributed by atoms with Crippen molar-refractivity contribution in [1.29, 1.82) is 0 Å². The van der Waals surface area contributed by atoms with Gasteiger partial charge < -0.3 is 4.42 Å². The quantitative estimate of drug-likeness (QED) is 0.694. The summed E-state index contributed by atoms with van der Waals surface area (Å²) in [5, 5.41) is 0.703. The molecule has 0 fully saturated rings. The summed E-state index contributed by atoms with van der Waals surface area (Å²) in [6, 6.07) is 11.5. The molecule has 0 N–H and O–H groups in total. The maximum absolute atomic E-state index is 6.03. The maximum atomic E-state index is 6.03. The minimum Gasteiger partial charge on any atom is -0.464 e. The third-order valence-electron chi connectivity index (χ3n) is 2.62. The molecule has 3 nitrogen and oxygen atoms in total. The Morgan fingerprint density at radius 2 is 1.83 bits per heavy atom. The Morgan fingerprint density at radius 1 is 1.06 bits per heavy atom. The highest BCUT2D eigenvalue weighted by atomic mass is 35.5. The van der Waals surface area contributed by atoms with Gasteiger partial charge in [0.1, 0.15) is 12.1 Å². The Morgan fingerprint density at radius 3 is 2.39 bits per heavy atom. The molecule has 0 aliphatic heterocycles. The monoisotopic (exact) mass is 278 g/mol. The van der Waals surface area contributed by atoms with Gasteiger partial charge in [0.25, 0.3) is 0 Å². The van der Waals surface area contributed by atoms with Crippen LogP contribution in [0.4, 0.5) is 0 Å². The number of imidazole rings is 1. The lowest BCUT2D eigenvalue weighted by atomic mass is 10.1. The normalized spacial score (nSPS) is 10.8. The van der Waals surface area contributed by atoms with E-state index in [1.165, 1.54) is 0 Å². The van der Waals surface area contributed by atoms with Crippen molar-refractivity contribution in [3.05, 3.63) is 59.3 Å². The fraction of sp³-hybridized carbons (Fsp3) is 0. The Hall–Kier alpha value is -1.71. The van der Waals surface area contributed by atoms with Crippen LogP contribution in [0.15, 0.2) is 53.4 Å². The van der Waals surface area contributed by atoms with Crippen LogP contribution in [0, 0.1) is 0 Å². The third kappa shape index (κ3) is 1.92. The van der Waals surface area contributed by atoms with Crippen molar-refractivity contribution in [1.82, 2.24) is 9.55 Å². The van der Waals surface area contributed by atoms with Gasteiger partial charge in [-0.05, 0) is 36.4 Å². The molecule has 0 saturated heterocycles. The topological polar surface area (TPSA) is 31.0 Å². The van der Waals surface area contributed by atoms with Gasteiger partial charge in [0.05, 0.1) is 6.26 Å². The highest BCUT2D eigenvalue weighted by Crippen LogP contribution is 2.26. The van der Waals surface area contributed by atoms with Gasteiger partial charge in [-0.15, -0.1) is 0 Å². The molecule has 0 spiro atoms. The van der Waals surface area contributed by atoms with Crippen molar-refractivity contribution >= 4 is 23.2 Å². The van der Waals surface area contributed by atoms with Crippen molar-refractivity contribution in [3.8, 4) is 17.0 Å². The molecule has 1 aromatic carbocycles. The number of hydrogen-bond donors (Lipinski definition) is 0.